The Balaban J connectivity index is 0.000000173. The first-order chi connectivity index (χ1) is 28.3. The van der Waals surface area contributed by atoms with Crippen molar-refractivity contribution >= 4 is 58.6 Å². The van der Waals surface area contributed by atoms with Crippen molar-refractivity contribution in [3.05, 3.63) is 0 Å². The molecule has 24 atom stereocenters. The van der Waals surface area contributed by atoms with Crippen LogP contribution in [0.1, 0.15) is 0 Å². The van der Waals surface area contributed by atoms with Gasteiger partial charge < -0.3 is 102 Å². The van der Waals surface area contributed by atoms with E-state index in [2.05, 4.69) is 34.0 Å². The number of halogens is 1. The second kappa shape index (κ2) is 22.3. The molecule has 0 aromatic carbocycles. The number of rotatable bonds is 4. The molecule has 0 aromatic rings. The van der Waals surface area contributed by atoms with E-state index in [-0.39, 0.29) is 52.6 Å². The predicted octanol–water partition coefficient (Wildman–Crippen LogP) is -12.8. The number of nitrogens with zero attached hydrogens (tertiary/aromatic N) is 4. The zero-order valence-corrected chi connectivity index (χ0v) is 37.8. The summed E-state index contributed by atoms with van der Waals surface area (Å²) in [7, 11) is 0. The fourth-order valence-corrected chi connectivity index (χ4v) is 9.85. The summed E-state index contributed by atoms with van der Waals surface area (Å²) in [6.07, 6.45) is -16.6. The highest BCUT2D eigenvalue weighted by Gasteiger charge is 2.59. The maximum atomic E-state index is 9.58. The van der Waals surface area contributed by atoms with Crippen LogP contribution in [0.15, 0.2) is 0 Å². The average molecular weight is 1080 g/mol. The third kappa shape index (κ3) is 11.3. The summed E-state index contributed by atoms with van der Waals surface area (Å²) in [4.78, 5) is 6.24. The van der Waals surface area contributed by atoms with Gasteiger partial charge in [-0.2, -0.15) is 0 Å². The monoisotopic (exact) mass is 1080 g/mol. The molecule has 20 N–H and O–H groups in total. The van der Waals surface area contributed by atoms with Crippen LogP contribution in [0.5, 0.6) is 0 Å². The van der Waals surface area contributed by atoms with Gasteiger partial charge in [-0.1, -0.05) is 11.7 Å². The zero-order valence-electron chi connectivity index (χ0n) is 32.3. The smallest absolute Gasteiger partial charge is 0.0996 e. The Kier molecular flexibility index (Phi) is 20.0. The SMILES string of the molecule is OC[C@@H]1[C@@H](O)[C@H](O)[C@H]2[C@H](O)[C@@H](O)CN21.OC[C@@H]1[C@@H](O)[C@H](O)[C@H]2[C@H](O)[C@@H](O)CN21.OC[C@@H]1[C@@H](O)[C@H](O)[C@H]2[C@H](O)[C@@H](O)CN21.OC[C@@H]1[C@@H](O)[C@H](O)[C@H]2[C@H](O)[C@@H](O)CN21.S=S(=S)(S)I. The fraction of sp³-hybridized carbons (Fsp3) is 1.00. The number of fused-ring (bicyclic) bond motifs is 4. The van der Waals surface area contributed by atoms with E-state index in [4.69, 9.17) is 20.4 Å². The molecule has 61 heavy (non-hydrogen) atoms. The molecule has 0 bridgehead atoms. The van der Waals surface area contributed by atoms with Gasteiger partial charge in [0.25, 0.3) is 0 Å². The molecular formula is C32H61IN4O20S4. The van der Waals surface area contributed by atoms with E-state index in [9.17, 15) is 81.7 Å². The number of hydrogen-bond donors (Lipinski definition) is 21. The highest BCUT2D eigenvalue weighted by molar-refractivity contribution is 14.2. The lowest BCUT2D eigenvalue weighted by atomic mass is 10.0. The van der Waals surface area contributed by atoms with E-state index in [1.165, 1.54) is 0 Å². The molecule has 0 unspecified atom stereocenters. The van der Waals surface area contributed by atoms with Crippen LogP contribution in [0.3, 0.4) is 0 Å². The predicted molar refractivity (Wildman–Crippen MR) is 227 cm³/mol. The maximum absolute atomic E-state index is 9.58. The number of hydrogen-bond acceptors (Lipinski definition) is 26. The van der Waals surface area contributed by atoms with Gasteiger partial charge in [0, 0.05) is 50.7 Å². The molecule has 360 valence electrons. The lowest BCUT2D eigenvalue weighted by Gasteiger charge is -2.22. The Bertz CT molecular complexity index is 1320. The van der Waals surface area contributed by atoms with Gasteiger partial charge in [-0.15, -0.1) is 0 Å². The summed E-state index contributed by atoms with van der Waals surface area (Å²) in [5.41, 5.74) is 0. The second-order valence-corrected chi connectivity index (χ2v) is 33.5. The Labute approximate surface area is 376 Å². The van der Waals surface area contributed by atoms with Crippen LogP contribution in [0.25, 0.3) is 0 Å². The number of aliphatic hydroxyl groups excluding tert-OH is 20. The maximum Gasteiger partial charge on any atom is 0.0996 e. The van der Waals surface area contributed by atoms with Crippen LogP contribution in [0.4, 0.5) is 0 Å². The highest BCUT2D eigenvalue weighted by Crippen LogP contribution is 2.36. The standard InChI is InChI=1S/4C8H15NO5.HIS4/c4*10-2-3-6(12)8(14)5-7(13)4(11)1-9(3)5;1-5(2,3)4/h4*3-8,10-14H,1-2H2;(H,2,3,4)/t4*3-,4+,5-,6-,7-,8-;/m1111./s1. The topological polar surface area (TPSA) is 418 Å². The molecule has 0 amide bonds. The van der Waals surface area contributed by atoms with Crippen molar-refractivity contribution in [1.29, 1.82) is 0 Å². The summed E-state index contributed by atoms with van der Waals surface area (Å²) >= 11 is 14.9. The molecule has 8 aliphatic heterocycles. The minimum absolute atomic E-state index is 0.172. The Morgan fingerprint density at radius 3 is 0.639 bits per heavy atom. The van der Waals surface area contributed by atoms with Crippen LogP contribution in [0.2, 0.25) is 0 Å². The number of aliphatic hydroxyl groups is 20. The first-order valence-corrected chi connectivity index (χ1v) is 26.4. The molecule has 0 aliphatic carbocycles. The van der Waals surface area contributed by atoms with Gasteiger partial charge in [0.2, 0.25) is 0 Å². The van der Waals surface area contributed by atoms with Gasteiger partial charge in [0.05, 0.1) is 172 Å². The van der Waals surface area contributed by atoms with Crippen molar-refractivity contribution in [1.82, 2.24) is 19.6 Å². The summed E-state index contributed by atoms with van der Waals surface area (Å²) in [5.74, 6) is 0. The zero-order chi connectivity index (χ0) is 46.3. The van der Waals surface area contributed by atoms with Crippen LogP contribution >= 0.6 is 32.9 Å². The third-order valence-electron chi connectivity index (χ3n) is 12.9. The van der Waals surface area contributed by atoms with Gasteiger partial charge in [0.15, 0.2) is 0 Å². The fourth-order valence-electron chi connectivity index (χ4n) is 9.85. The molecule has 0 saturated carbocycles. The molecule has 8 aliphatic rings. The van der Waals surface area contributed by atoms with Crippen molar-refractivity contribution < 1.29 is 102 Å². The molecule has 24 nitrogen and oxygen atoms in total. The number of thiol groups is 1. The summed E-state index contributed by atoms with van der Waals surface area (Å²) < 4.78 is -1.34. The average Bonchev–Trinajstić information content (AvgIpc) is 4.02. The highest BCUT2D eigenvalue weighted by atomic mass is 127. The van der Waals surface area contributed by atoms with Crippen molar-refractivity contribution in [2.24, 2.45) is 0 Å². The molecule has 29 heteroatoms. The first kappa shape index (κ1) is 54.5. The first-order valence-electron chi connectivity index (χ1n) is 19.3. The molecule has 8 saturated heterocycles. The largest absolute Gasteiger partial charge is 0.395 e. The Hall–Kier alpha value is 0.910. The summed E-state index contributed by atoms with van der Waals surface area (Å²) in [6.45, 7) is -0.503. The van der Waals surface area contributed by atoms with Crippen molar-refractivity contribution in [3.63, 3.8) is 0 Å². The molecule has 8 rings (SSSR count). The van der Waals surface area contributed by atoms with E-state index in [0.717, 1.165) is 0 Å². The lowest BCUT2D eigenvalue weighted by molar-refractivity contribution is -0.0268. The van der Waals surface area contributed by atoms with Crippen molar-refractivity contribution in [2.75, 3.05) is 52.6 Å². The lowest BCUT2D eigenvalue weighted by Crippen LogP contribution is -2.41. The van der Waals surface area contributed by atoms with E-state index < -0.39 is 149 Å². The van der Waals surface area contributed by atoms with E-state index in [0.29, 0.717) is 0 Å². The third-order valence-corrected chi connectivity index (χ3v) is 12.9. The minimum atomic E-state index is -1.34. The minimum Gasteiger partial charge on any atom is -0.395 e. The summed E-state index contributed by atoms with van der Waals surface area (Å²) in [5, 5.41) is 188. The van der Waals surface area contributed by atoms with E-state index >= 15 is 0 Å². The summed E-state index contributed by atoms with van der Waals surface area (Å²) in [6, 6.07) is -5.06. The van der Waals surface area contributed by atoms with Crippen LogP contribution < -0.4 is 0 Å². The molecule has 0 aromatic heterocycles. The quantitative estimate of drug-likeness (QED) is 0.0538. The Morgan fingerprint density at radius 1 is 0.361 bits per heavy atom. The molecule has 0 spiro atoms. The van der Waals surface area contributed by atoms with Crippen molar-refractivity contribution in [2.45, 2.75) is 146 Å². The normalized spacial score (nSPS) is 50.3. The molecule has 8 heterocycles. The van der Waals surface area contributed by atoms with Crippen LogP contribution in [0, 0.1) is 0 Å². The van der Waals surface area contributed by atoms with Crippen LogP contribution in [-0.4, -0.2) is 320 Å². The second-order valence-electron chi connectivity index (χ2n) is 16.3. The molecule has 0 radical (unpaired) electrons. The molecule has 8 fully saturated rings. The van der Waals surface area contributed by atoms with Crippen molar-refractivity contribution in [3.8, 4) is 0 Å². The van der Waals surface area contributed by atoms with Gasteiger partial charge in [-0.05, 0) is 22.4 Å². The van der Waals surface area contributed by atoms with Gasteiger partial charge >= 0.3 is 0 Å². The van der Waals surface area contributed by atoms with Crippen LogP contribution in [-0.2, 0) is 25.7 Å². The van der Waals surface area contributed by atoms with E-state index in [1.807, 2.05) is 21.2 Å². The van der Waals surface area contributed by atoms with Gasteiger partial charge in [-0.3, -0.25) is 19.6 Å². The molecular weight excluding hydrogens is 1020 g/mol. The van der Waals surface area contributed by atoms with E-state index in [1.54, 1.807) is 19.6 Å². The Morgan fingerprint density at radius 2 is 0.508 bits per heavy atom. The van der Waals surface area contributed by atoms with Gasteiger partial charge in [-0.25, -0.2) is 0 Å². The van der Waals surface area contributed by atoms with Gasteiger partial charge in [0.1, 0.15) is 0 Å².